The summed E-state index contributed by atoms with van der Waals surface area (Å²) in [5, 5.41) is 3.12. The lowest BCUT2D eigenvalue weighted by Crippen LogP contribution is -2.57. The van der Waals surface area contributed by atoms with Gasteiger partial charge in [-0.3, -0.25) is 4.79 Å². The highest BCUT2D eigenvalue weighted by molar-refractivity contribution is 5.79. The Labute approximate surface area is 76.1 Å². The van der Waals surface area contributed by atoms with Gasteiger partial charge in [-0.25, -0.2) is 0 Å². The van der Waals surface area contributed by atoms with Crippen molar-refractivity contribution in [2.75, 3.05) is 13.1 Å². The summed E-state index contributed by atoms with van der Waals surface area (Å²) < 4.78 is 24.2. The van der Waals surface area contributed by atoms with Gasteiger partial charge < -0.3 is 10.2 Å². The van der Waals surface area contributed by atoms with Gasteiger partial charge in [-0.1, -0.05) is 0 Å². The summed E-state index contributed by atoms with van der Waals surface area (Å²) in [7, 11) is 0. The molecule has 76 valence electrons. The monoisotopic (exact) mass is 192 g/mol. The lowest BCUT2D eigenvalue weighted by molar-refractivity contribution is -0.146. The number of nitrogens with zero attached hydrogens (tertiary/aromatic N) is 1. The maximum atomic E-state index is 12.1. The fourth-order valence-corrected chi connectivity index (χ4v) is 1.45. The van der Waals surface area contributed by atoms with Crippen molar-refractivity contribution in [3.8, 4) is 0 Å². The molecule has 1 fully saturated rings. The molecule has 0 aliphatic carbocycles. The third-order valence-corrected chi connectivity index (χ3v) is 2.23. The highest BCUT2D eigenvalue weighted by atomic mass is 19.3. The standard InChI is InChI=1S/C8H14F2N2O/c1-5-4-12(6(2)3-11-5)8(13)7(9)10/h5-7,11H,3-4H2,1-2H3. The van der Waals surface area contributed by atoms with Gasteiger partial charge in [0.1, 0.15) is 0 Å². The summed E-state index contributed by atoms with van der Waals surface area (Å²) in [5.41, 5.74) is 0. The molecule has 1 aliphatic heterocycles. The summed E-state index contributed by atoms with van der Waals surface area (Å²) in [6.45, 7) is 4.58. The van der Waals surface area contributed by atoms with Crippen LogP contribution in [0.25, 0.3) is 0 Å². The number of alkyl halides is 2. The summed E-state index contributed by atoms with van der Waals surface area (Å²) in [4.78, 5) is 12.2. The quantitative estimate of drug-likeness (QED) is 0.654. The molecule has 0 radical (unpaired) electrons. The number of carbonyl (C=O) groups is 1. The van der Waals surface area contributed by atoms with E-state index in [9.17, 15) is 13.6 Å². The second-order valence-electron chi connectivity index (χ2n) is 3.45. The minimum Gasteiger partial charge on any atom is -0.332 e. The number of halogens is 2. The Bertz CT molecular complexity index is 199. The molecule has 0 aromatic rings. The van der Waals surface area contributed by atoms with Crippen LogP contribution in [0.5, 0.6) is 0 Å². The first-order valence-corrected chi connectivity index (χ1v) is 4.34. The molecule has 1 aliphatic rings. The van der Waals surface area contributed by atoms with Crippen LogP contribution < -0.4 is 5.32 Å². The van der Waals surface area contributed by atoms with Gasteiger partial charge in [-0.2, -0.15) is 8.78 Å². The van der Waals surface area contributed by atoms with E-state index in [4.69, 9.17) is 0 Å². The first kappa shape index (κ1) is 10.4. The van der Waals surface area contributed by atoms with E-state index >= 15 is 0 Å². The summed E-state index contributed by atoms with van der Waals surface area (Å²) in [5.74, 6) is -1.05. The Morgan fingerprint density at radius 2 is 2.15 bits per heavy atom. The highest BCUT2D eigenvalue weighted by Crippen LogP contribution is 2.10. The fraction of sp³-hybridized carbons (Fsp3) is 0.875. The number of rotatable bonds is 1. The Kier molecular flexibility index (Phi) is 3.19. The molecule has 2 atom stereocenters. The van der Waals surface area contributed by atoms with Gasteiger partial charge in [0.05, 0.1) is 0 Å². The van der Waals surface area contributed by atoms with Crippen LogP contribution in [0.1, 0.15) is 13.8 Å². The summed E-state index contributed by atoms with van der Waals surface area (Å²) >= 11 is 0. The number of hydrogen-bond acceptors (Lipinski definition) is 2. The van der Waals surface area contributed by atoms with Crippen molar-refractivity contribution < 1.29 is 13.6 Å². The van der Waals surface area contributed by atoms with Crippen LogP contribution in [0, 0.1) is 0 Å². The van der Waals surface area contributed by atoms with E-state index in [1.165, 1.54) is 4.90 Å². The molecular formula is C8H14F2N2O. The number of nitrogens with one attached hydrogen (secondary N) is 1. The van der Waals surface area contributed by atoms with Crippen molar-refractivity contribution in [1.29, 1.82) is 0 Å². The molecule has 0 aromatic heterocycles. The van der Waals surface area contributed by atoms with E-state index in [1.807, 2.05) is 6.92 Å². The molecule has 13 heavy (non-hydrogen) atoms. The van der Waals surface area contributed by atoms with Crippen molar-refractivity contribution in [2.24, 2.45) is 0 Å². The van der Waals surface area contributed by atoms with Gasteiger partial charge >= 0.3 is 6.43 Å². The Balaban J connectivity index is 2.60. The van der Waals surface area contributed by atoms with Crippen LogP contribution in [-0.2, 0) is 4.79 Å². The number of carbonyl (C=O) groups excluding carboxylic acids is 1. The van der Waals surface area contributed by atoms with E-state index in [2.05, 4.69) is 5.32 Å². The third-order valence-electron chi connectivity index (χ3n) is 2.23. The van der Waals surface area contributed by atoms with Crippen LogP contribution >= 0.6 is 0 Å². The van der Waals surface area contributed by atoms with E-state index < -0.39 is 12.3 Å². The largest absolute Gasteiger partial charge is 0.332 e. The molecule has 1 amide bonds. The van der Waals surface area contributed by atoms with Crippen LogP contribution in [0.3, 0.4) is 0 Å². The molecule has 1 rings (SSSR count). The molecule has 0 saturated carbocycles. The predicted molar refractivity (Wildman–Crippen MR) is 44.6 cm³/mol. The summed E-state index contributed by atoms with van der Waals surface area (Å²) in [6.07, 6.45) is -2.88. The second kappa shape index (κ2) is 4.00. The molecule has 3 nitrogen and oxygen atoms in total. The van der Waals surface area contributed by atoms with Gasteiger partial charge in [0.15, 0.2) is 0 Å². The zero-order valence-corrected chi connectivity index (χ0v) is 7.76. The lowest BCUT2D eigenvalue weighted by atomic mass is 10.1. The molecule has 1 N–H and O–H groups in total. The van der Waals surface area contributed by atoms with Crippen molar-refractivity contribution in [3.05, 3.63) is 0 Å². The lowest BCUT2D eigenvalue weighted by Gasteiger charge is -2.37. The van der Waals surface area contributed by atoms with Crippen LogP contribution in [-0.4, -0.2) is 42.4 Å². The van der Waals surface area contributed by atoms with E-state index in [0.29, 0.717) is 13.1 Å². The number of hydrogen-bond donors (Lipinski definition) is 1. The molecule has 5 heteroatoms. The first-order chi connectivity index (χ1) is 6.02. The zero-order chi connectivity index (χ0) is 10.0. The predicted octanol–water partition coefficient (Wildman–Crippen LogP) is 0.460. The molecule has 0 bridgehead atoms. The molecule has 0 aromatic carbocycles. The normalized spacial score (nSPS) is 29.5. The van der Waals surface area contributed by atoms with Crippen LogP contribution in [0.2, 0.25) is 0 Å². The molecule has 2 unspecified atom stereocenters. The Morgan fingerprint density at radius 3 is 2.69 bits per heavy atom. The zero-order valence-electron chi connectivity index (χ0n) is 7.76. The van der Waals surface area contributed by atoms with Gasteiger partial charge in [-0.15, -0.1) is 0 Å². The second-order valence-corrected chi connectivity index (χ2v) is 3.45. The van der Waals surface area contributed by atoms with Gasteiger partial charge in [-0.05, 0) is 13.8 Å². The van der Waals surface area contributed by atoms with E-state index in [1.54, 1.807) is 6.92 Å². The molecule has 0 spiro atoms. The minimum atomic E-state index is -2.88. The van der Waals surface area contributed by atoms with Gasteiger partial charge in [0, 0.05) is 25.2 Å². The minimum absolute atomic E-state index is 0.0962. The van der Waals surface area contributed by atoms with Crippen molar-refractivity contribution >= 4 is 5.91 Å². The number of piperazine rings is 1. The summed E-state index contributed by atoms with van der Waals surface area (Å²) in [6, 6.07) is -0.0448. The maximum Gasteiger partial charge on any atom is 0.315 e. The van der Waals surface area contributed by atoms with Crippen LogP contribution in [0.4, 0.5) is 8.78 Å². The SMILES string of the molecule is CC1CN(C(=O)C(F)F)C(C)CN1. The average molecular weight is 192 g/mol. The topological polar surface area (TPSA) is 32.3 Å². The number of amides is 1. The highest BCUT2D eigenvalue weighted by Gasteiger charge is 2.31. The fourth-order valence-electron chi connectivity index (χ4n) is 1.45. The molecule has 1 heterocycles. The smallest absolute Gasteiger partial charge is 0.315 e. The Morgan fingerprint density at radius 1 is 1.54 bits per heavy atom. The van der Waals surface area contributed by atoms with Crippen molar-refractivity contribution in [1.82, 2.24) is 10.2 Å². The third kappa shape index (κ3) is 2.37. The van der Waals surface area contributed by atoms with E-state index in [0.717, 1.165) is 0 Å². The maximum absolute atomic E-state index is 12.1. The Hall–Kier alpha value is -0.710. The molecule has 1 saturated heterocycles. The van der Waals surface area contributed by atoms with Crippen molar-refractivity contribution in [3.63, 3.8) is 0 Å². The van der Waals surface area contributed by atoms with Gasteiger partial charge in [0.25, 0.3) is 5.91 Å². The average Bonchev–Trinajstić information content (AvgIpc) is 2.08. The van der Waals surface area contributed by atoms with Crippen molar-refractivity contribution in [2.45, 2.75) is 32.4 Å². The molecular weight excluding hydrogens is 178 g/mol. The van der Waals surface area contributed by atoms with Crippen LogP contribution in [0.15, 0.2) is 0 Å². The van der Waals surface area contributed by atoms with Gasteiger partial charge in [0.2, 0.25) is 0 Å². The first-order valence-electron chi connectivity index (χ1n) is 4.34. The van der Waals surface area contributed by atoms with E-state index in [-0.39, 0.29) is 12.1 Å².